The Hall–Kier alpha value is -2.06. The Morgan fingerprint density at radius 2 is 1.85 bits per heavy atom. The highest BCUT2D eigenvalue weighted by Crippen LogP contribution is 2.27. The molecule has 0 aliphatic carbocycles. The minimum atomic E-state index is -3.84. The van der Waals surface area contributed by atoms with Gasteiger partial charge in [0.2, 0.25) is 10.0 Å². The highest BCUT2D eigenvalue weighted by Gasteiger charge is 2.19. The normalized spacial score (nSPS) is 12.9. The zero-order valence-electron chi connectivity index (χ0n) is 14.5. The quantitative estimate of drug-likeness (QED) is 0.667. The summed E-state index contributed by atoms with van der Waals surface area (Å²) >= 11 is 12.2. The zero-order valence-corrected chi connectivity index (χ0v) is 16.9. The molecule has 3 rings (SSSR count). The van der Waals surface area contributed by atoms with Crippen molar-refractivity contribution in [1.29, 1.82) is 0 Å². The molecule has 1 atom stereocenters. The molecular weight excluding hydrogens is 409 g/mol. The van der Waals surface area contributed by atoms with Gasteiger partial charge < -0.3 is 9.88 Å². The predicted octanol–water partition coefficient (Wildman–Crippen LogP) is 3.62. The molecule has 0 radical (unpaired) electrons. The van der Waals surface area contributed by atoms with Crippen LogP contribution in [0.1, 0.15) is 29.0 Å². The third-order valence-corrected chi connectivity index (χ3v) is 5.83. The molecule has 0 spiro atoms. The molecule has 0 saturated carbocycles. The van der Waals surface area contributed by atoms with Crippen molar-refractivity contribution < 1.29 is 13.2 Å². The van der Waals surface area contributed by atoms with E-state index in [4.69, 9.17) is 28.3 Å². The van der Waals surface area contributed by atoms with Crippen LogP contribution in [-0.4, -0.2) is 18.9 Å². The van der Waals surface area contributed by atoms with E-state index in [9.17, 15) is 13.2 Å². The minimum Gasteiger partial charge on any atom is -0.344 e. The first kappa shape index (κ1) is 19.7. The molecule has 9 heteroatoms. The van der Waals surface area contributed by atoms with Crippen molar-refractivity contribution in [3.05, 3.63) is 63.8 Å². The fraction of sp³-hybridized carbons (Fsp3) is 0.167. The minimum absolute atomic E-state index is 0.0830. The SMILES string of the molecule is CC(NC(=O)c1cc2ccc(Cl)cc2n1C)c1ccc(S(N)(=O)=O)cc1Cl. The van der Waals surface area contributed by atoms with Crippen LogP contribution in [0.2, 0.25) is 10.0 Å². The number of primary sulfonamides is 1. The van der Waals surface area contributed by atoms with Gasteiger partial charge in [-0.1, -0.05) is 35.3 Å². The van der Waals surface area contributed by atoms with E-state index >= 15 is 0 Å². The van der Waals surface area contributed by atoms with E-state index in [0.29, 0.717) is 16.3 Å². The Morgan fingerprint density at radius 3 is 2.48 bits per heavy atom. The van der Waals surface area contributed by atoms with Crippen molar-refractivity contribution in [1.82, 2.24) is 9.88 Å². The lowest BCUT2D eigenvalue weighted by atomic mass is 10.1. The van der Waals surface area contributed by atoms with Crippen LogP contribution in [0.15, 0.2) is 47.4 Å². The van der Waals surface area contributed by atoms with Gasteiger partial charge in [-0.3, -0.25) is 4.79 Å². The summed E-state index contributed by atoms with van der Waals surface area (Å²) in [7, 11) is -2.06. The number of nitrogens with two attached hydrogens (primary N) is 1. The van der Waals surface area contributed by atoms with Crippen molar-refractivity contribution in [2.75, 3.05) is 0 Å². The number of carbonyl (C=O) groups is 1. The predicted molar refractivity (Wildman–Crippen MR) is 107 cm³/mol. The average Bonchev–Trinajstić information content (AvgIpc) is 2.90. The molecule has 1 heterocycles. The largest absolute Gasteiger partial charge is 0.344 e. The Kier molecular flexibility index (Phi) is 5.22. The first-order chi connectivity index (χ1) is 12.6. The van der Waals surface area contributed by atoms with Gasteiger partial charge in [0, 0.05) is 28.0 Å². The van der Waals surface area contributed by atoms with Gasteiger partial charge in [-0.15, -0.1) is 0 Å². The van der Waals surface area contributed by atoms with Crippen LogP contribution in [0.3, 0.4) is 0 Å². The summed E-state index contributed by atoms with van der Waals surface area (Å²) in [5.41, 5.74) is 1.89. The number of amides is 1. The van der Waals surface area contributed by atoms with E-state index < -0.39 is 16.1 Å². The number of rotatable bonds is 4. The Morgan fingerprint density at radius 1 is 1.15 bits per heavy atom. The number of aromatic nitrogens is 1. The van der Waals surface area contributed by atoms with Crippen molar-refractivity contribution >= 4 is 50.0 Å². The standard InChI is InChI=1S/C18H17Cl2N3O3S/c1-10(14-6-5-13(9-15(14)20)27(21,25)26)22-18(24)17-7-11-3-4-12(19)8-16(11)23(17)2/h3-10H,1-2H3,(H,22,24)(H2,21,25,26). The summed E-state index contributed by atoms with van der Waals surface area (Å²) in [4.78, 5) is 12.6. The number of aryl methyl sites for hydroxylation is 1. The molecule has 0 aliphatic heterocycles. The van der Waals surface area contributed by atoms with Crippen LogP contribution in [0.4, 0.5) is 0 Å². The number of nitrogens with one attached hydrogen (secondary N) is 1. The lowest BCUT2D eigenvalue weighted by molar-refractivity contribution is 0.0932. The van der Waals surface area contributed by atoms with E-state index in [1.54, 1.807) is 36.7 Å². The maximum atomic E-state index is 12.7. The topological polar surface area (TPSA) is 94.2 Å². The Labute approximate surface area is 166 Å². The third-order valence-electron chi connectivity index (χ3n) is 4.35. The van der Waals surface area contributed by atoms with Gasteiger partial charge in [-0.05, 0) is 42.8 Å². The van der Waals surface area contributed by atoms with E-state index in [0.717, 1.165) is 10.9 Å². The van der Waals surface area contributed by atoms with Gasteiger partial charge >= 0.3 is 0 Å². The van der Waals surface area contributed by atoms with Crippen LogP contribution in [0.5, 0.6) is 0 Å². The van der Waals surface area contributed by atoms with Crippen LogP contribution in [-0.2, 0) is 17.1 Å². The van der Waals surface area contributed by atoms with Crippen molar-refractivity contribution in [3.8, 4) is 0 Å². The maximum Gasteiger partial charge on any atom is 0.268 e. The summed E-state index contributed by atoms with van der Waals surface area (Å²) < 4.78 is 24.6. The van der Waals surface area contributed by atoms with Gasteiger partial charge in [0.05, 0.1) is 10.9 Å². The molecule has 0 saturated heterocycles. The molecule has 1 amide bonds. The first-order valence-electron chi connectivity index (χ1n) is 7.96. The summed E-state index contributed by atoms with van der Waals surface area (Å²) in [6, 6.07) is 10.9. The molecular formula is C18H17Cl2N3O3S. The number of sulfonamides is 1. The molecule has 3 aromatic rings. The summed E-state index contributed by atoms with van der Waals surface area (Å²) in [5, 5.41) is 9.67. The number of hydrogen-bond donors (Lipinski definition) is 2. The molecule has 0 fully saturated rings. The Balaban J connectivity index is 1.87. The highest BCUT2D eigenvalue weighted by atomic mass is 35.5. The molecule has 142 valence electrons. The van der Waals surface area contributed by atoms with Gasteiger partial charge in [0.15, 0.2) is 0 Å². The number of hydrogen-bond acceptors (Lipinski definition) is 3. The fourth-order valence-corrected chi connectivity index (χ4v) is 4.02. The van der Waals surface area contributed by atoms with Gasteiger partial charge in [-0.2, -0.15) is 0 Å². The Bertz CT molecular complexity index is 1160. The highest BCUT2D eigenvalue weighted by molar-refractivity contribution is 7.89. The molecule has 0 bridgehead atoms. The van der Waals surface area contributed by atoms with Crippen molar-refractivity contribution in [2.45, 2.75) is 17.9 Å². The number of nitrogens with zero attached hydrogens (tertiary/aromatic N) is 1. The van der Waals surface area contributed by atoms with Gasteiger partial charge in [0.1, 0.15) is 5.69 Å². The molecule has 27 heavy (non-hydrogen) atoms. The molecule has 2 aromatic carbocycles. The van der Waals surface area contributed by atoms with Crippen molar-refractivity contribution in [2.24, 2.45) is 12.2 Å². The lowest BCUT2D eigenvalue weighted by Crippen LogP contribution is -2.28. The van der Waals surface area contributed by atoms with Gasteiger partial charge in [0.25, 0.3) is 5.91 Å². The maximum absolute atomic E-state index is 12.7. The van der Waals surface area contributed by atoms with Crippen LogP contribution in [0.25, 0.3) is 10.9 Å². The monoisotopic (exact) mass is 425 g/mol. The van der Waals surface area contributed by atoms with Gasteiger partial charge in [-0.25, -0.2) is 13.6 Å². The number of benzene rings is 2. The number of halogens is 2. The second-order valence-corrected chi connectivity index (χ2v) is 8.62. The van der Waals surface area contributed by atoms with E-state index in [1.807, 2.05) is 6.07 Å². The van der Waals surface area contributed by atoms with Crippen LogP contribution < -0.4 is 10.5 Å². The fourth-order valence-electron chi connectivity index (χ4n) is 2.91. The molecule has 0 aliphatic rings. The zero-order chi connectivity index (χ0) is 19.9. The molecule has 3 N–H and O–H groups in total. The lowest BCUT2D eigenvalue weighted by Gasteiger charge is -2.16. The van der Waals surface area contributed by atoms with E-state index in [2.05, 4.69) is 5.32 Å². The second kappa shape index (κ2) is 7.16. The van der Waals surface area contributed by atoms with Crippen LogP contribution in [0, 0.1) is 0 Å². The third kappa shape index (κ3) is 3.96. The number of fused-ring (bicyclic) bond motifs is 1. The van der Waals surface area contributed by atoms with Crippen LogP contribution >= 0.6 is 23.2 Å². The molecule has 6 nitrogen and oxygen atoms in total. The smallest absolute Gasteiger partial charge is 0.268 e. The molecule has 1 aromatic heterocycles. The van der Waals surface area contributed by atoms with E-state index in [-0.39, 0.29) is 15.8 Å². The molecule has 1 unspecified atom stereocenters. The average molecular weight is 426 g/mol. The van der Waals surface area contributed by atoms with E-state index in [1.165, 1.54) is 18.2 Å². The summed E-state index contributed by atoms with van der Waals surface area (Å²) in [6.45, 7) is 1.76. The summed E-state index contributed by atoms with van der Waals surface area (Å²) in [5.74, 6) is -0.288. The summed E-state index contributed by atoms with van der Waals surface area (Å²) in [6.07, 6.45) is 0. The van der Waals surface area contributed by atoms with Crippen molar-refractivity contribution in [3.63, 3.8) is 0 Å². The second-order valence-electron chi connectivity index (χ2n) is 6.22. The first-order valence-corrected chi connectivity index (χ1v) is 10.3. The number of carbonyl (C=O) groups excluding carboxylic acids is 1.